The number of carbonyl (C=O) groups is 1. The topological polar surface area (TPSA) is 52.9 Å². The average molecular weight is 262 g/mol. The van der Waals surface area contributed by atoms with E-state index in [4.69, 9.17) is 5.26 Å². The number of rotatable bonds is 6. The average Bonchev–Trinajstić information content (AvgIpc) is 2.38. The predicted molar refractivity (Wildman–Crippen MR) is 75.2 cm³/mol. The first-order valence-corrected chi connectivity index (χ1v) is 7.14. The van der Waals surface area contributed by atoms with Crippen LogP contribution in [0.1, 0.15) is 25.0 Å². The second kappa shape index (κ2) is 7.78. The molecule has 1 rings (SSSR count). The van der Waals surface area contributed by atoms with Gasteiger partial charge in [0.05, 0.1) is 11.6 Å². The Bertz CT molecular complexity index is 438. The maximum atomic E-state index is 11.3. The molecule has 1 amide bonds. The molecule has 0 spiro atoms. The minimum Gasteiger partial charge on any atom is -0.355 e. The van der Waals surface area contributed by atoms with Crippen molar-refractivity contribution in [2.24, 2.45) is 5.92 Å². The third kappa shape index (κ3) is 4.80. The standard InChI is InChI=1S/C14H18N2OS/c1-11(2)14(17)16-7-8-18-10-13-6-4-3-5-12(13)9-15/h3-6,11H,7-8,10H2,1-2H3,(H,16,17). The van der Waals surface area contributed by atoms with E-state index in [2.05, 4.69) is 11.4 Å². The molecule has 18 heavy (non-hydrogen) atoms. The van der Waals surface area contributed by atoms with Crippen LogP contribution in [0.2, 0.25) is 0 Å². The van der Waals surface area contributed by atoms with Gasteiger partial charge in [0.1, 0.15) is 0 Å². The van der Waals surface area contributed by atoms with Gasteiger partial charge in [0.2, 0.25) is 5.91 Å². The van der Waals surface area contributed by atoms with Crippen molar-refractivity contribution in [2.45, 2.75) is 19.6 Å². The second-order valence-electron chi connectivity index (χ2n) is 4.27. The number of amides is 1. The fourth-order valence-corrected chi connectivity index (χ4v) is 2.25. The molecule has 0 aliphatic heterocycles. The largest absolute Gasteiger partial charge is 0.355 e. The molecule has 1 aromatic carbocycles. The van der Waals surface area contributed by atoms with Crippen LogP contribution in [0, 0.1) is 17.2 Å². The summed E-state index contributed by atoms with van der Waals surface area (Å²) in [6.07, 6.45) is 0. The molecule has 0 radical (unpaired) electrons. The van der Waals surface area contributed by atoms with E-state index >= 15 is 0 Å². The van der Waals surface area contributed by atoms with E-state index in [1.54, 1.807) is 11.8 Å². The normalized spacial score (nSPS) is 10.1. The Labute approximate surface area is 113 Å². The highest BCUT2D eigenvalue weighted by Crippen LogP contribution is 2.15. The summed E-state index contributed by atoms with van der Waals surface area (Å²) >= 11 is 1.72. The second-order valence-corrected chi connectivity index (χ2v) is 5.37. The number of nitriles is 1. The molecule has 0 unspecified atom stereocenters. The van der Waals surface area contributed by atoms with Gasteiger partial charge in [-0.2, -0.15) is 17.0 Å². The summed E-state index contributed by atoms with van der Waals surface area (Å²) in [6, 6.07) is 9.80. The van der Waals surface area contributed by atoms with Gasteiger partial charge in [-0.15, -0.1) is 0 Å². The lowest BCUT2D eigenvalue weighted by Gasteiger charge is -2.07. The summed E-state index contributed by atoms with van der Waals surface area (Å²) in [5, 5.41) is 11.8. The molecule has 0 heterocycles. The molecule has 96 valence electrons. The number of nitrogens with one attached hydrogen (secondary N) is 1. The zero-order chi connectivity index (χ0) is 13.4. The zero-order valence-electron chi connectivity index (χ0n) is 10.8. The maximum absolute atomic E-state index is 11.3. The third-order valence-corrected chi connectivity index (χ3v) is 3.47. The predicted octanol–water partition coefficient (Wildman–Crippen LogP) is 2.56. The SMILES string of the molecule is CC(C)C(=O)NCCSCc1ccccc1C#N. The Hall–Kier alpha value is -1.47. The Kier molecular flexibility index (Phi) is 6.31. The van der Waals surface area contributed by atoms with Crippen LogP contribution in [0.3, 0.4) is 0 Å². The smallest absolute Gasteiger partial charge is 0.222 e. The van der Waals surface area contributed by atoms with Gasteiger partial charge in [-0.25, -0.2) is 0 Å². The first-order valence-electron chi connectivity index (χ1n) is 5.98. The molecule has 0 atom stereocenters. The molecule has 0 aromatic heterocycles. The van der Waals surface area contributed by atoms with Crippen molar-refractivity contribution >= 4 is 17.7 Å². The number of hydrogen-bond donors (Lipinski definition) is 1. The van der Waals surface area contributed by atoms with Crippen LogP contribution in [0.5, 0.6) is 0 Å². The lowest BCUT2D eigenvalue weighted by molar-refractivity contribution is -0.123. The molecule has 4 heteroatoms. The van der Waals surface area contributed by atoms with Crippen molar-refractivity contribution in [1.82, 2.24) is 5.32 Å². The number of thioether (sulfide) groups is 1. The Morgan fingerprint density at radius 1 is 1.44 bits per heavy atom. The van der Waals surface area contributed by atoms with Crippen LogP contribution in [0.15, 0.2) is 24.3 Å². The number of benzene rings is 1. The third-order valence-electron chi connectivity index (χ3n) is 2.47. The number of carbonyl (C=O) groups excluding carboxylic acids is 1. The van der Waals surface area contributed by atoms with Crippen molar-refractivity contribution in [3.8, 4) is 6.07 Å². The van der Waals surface area contributed by atoms with Crippen LogP contribution in [0.4, 0.5) is 0 Å². The van der Waals surface area contributed by atoms with E-state index in [1.807, 2.05) is 38.1 Å². The highest BCUT2D eigenvalue weighted by Gasteiger charge is 2.05. The summed E-state index contributed by atoms with van der Waals surface area (Å²) in [5.41, 5.74) is 1.79. The highest BCUT2D eigenvalue weighted by molar-refractivity contribution is 7.98. The molecule has 0 fully saturated rings. The molecule has 1 aromatic rings. The van der Waals surface area contributed by atoms with Crippen LogP contribution in [-0.4, -0.2) is 18.2 Å². The van der Waals surface area contributed by atoms with Crippen LogP contribution < -0.4 is 5.32 Å². The minimum absolute atomic E-state index is 0.0364. The number of nitrogens with zero attached hydrogens (tertiary/aromatic N) is 1. The van der Waals surface area contributed by atoms with Gasteiger partial charge in [-0.3, -0.25) is 4.79 Å². The summed E-state index contributed by atoms with van der Waals surface area (Å²) in [4.78, 5) is 11.3. The van der Waals surface area contributed by atoms with Gasteiger partial charge >= 0.3 is 0 Å². The van der Waals surface area contributed by atoms with E-state index < -0.39 is 0 Å². The Morgan fingerprint density at radius 3 is 2.83 bits per heavy atom. The molecule has 0 aliphatic rings. The Balaban J connectivity index is 2.26. The molecular weight excluding hydrogens is 244 g/mol. The van der Waals surface area contributed by atoms with E-state index in [-0.39, 0.29) is 11.8 Å². The fourth-order valence-electron chi connectivity index (χ4n) is 1.39. The van der Waals surface area contributed by atoms with E-state index in [0.717, 1.165) is 22.6 Å². The van der Waals surface area contributed by atoms with Crippen molar-refractivity contribution in [1.29, 1.82) is 5.26 Å². The maximum Gasteiger partial charge on any atom is 0.222 e. The van der Waals surface area contributed by atoms with Gasteiger partial charge in [-0.05, 0) is 11.6 Å². The Morgan fingerprint density at radius 2 is 2.17 bits per heavy atom. The van der Waals surface area contributed by atoms with Gasteiger partial charge in [0.15, 0.2) is 0 Å². The van der Waals surface area contributed by atoms with E-state index in [1.165, 1.54) is 0 Å². The van der Waals surface area contributed by atoms with Gasteiger partial charge < -0.3 is 5.32 Å². The first kappa shape index (κ1) is 14.6. The lowest BCUT2D eigenvalue weighted by Crippen LogP contribution is -2.29. The van der Waals surface area contributed by atoms with Crippen LogP contribution in [0.25, 0.3) is 0 Å². The molecule has 0 bridgehead atoms. The summed E-state index contributed by atoms with van der Waals surface area (Å²) < 4.78 is 0. The van der Waals surface area contributed by atoms with Crippen molar-refractivity contribution in [3.05, 3.63) is 35.4 Å². The summed E-state index contributed by atoms with van der Waals surface area (Å²) in [6.45, 7) is 4.44. The zero-order valence-corrected chi connectivity index (χ0v) is 11.6. The summed E-state index contributed by atoms with van der Waals surface area (Å²) in [7, 11) is 0. The van der Waals surface area contributed by atoms with Crippen molar-refractivity contribution in [3.63, 3.8) is 0 Å². The van der Waals surface area contributed by atoms with Crippen LogP contribution in [-0.2, 0) is 10.5 Å². The minimum atomic E-state index is 0.0364. The molecule has 0 aliphatic carbocycles. The van der Waals surface area contributed by atoms with Gasteiger partial charge in [0, 0.05) is 24.0 Å². The van der Waals surface area contributed by atoms with E-state index in [0.29, 0.717) is 6.54 Å². The monoisotopic (exact) mass is 262 g/mol. The first-order chi connectivity index (χ1) is 8.65. The molecular formula is C14H18N2OS. The molecule has 0 saturated heterocycles. The van der Waals surface area contributed by atoms with Crippen molar-refractivity contribution in [2.75, 3.05) is 12.3 Å². The summed E-state index contributed by atoms with van der Waals surface area (Å²) in [5.74, 6) is 1.79. The fraction of sp³-hybridized carbons (Fsp3) is 0.429. The van der Waals surface area contributed by atoms with E-state index in [9.17, 15) is 4.79 Å². The molecule has 1 N–H and O–H groups in total. The van der Waals surface area contributed by atoms with Gasteiger partial charge in [-0.1, -0.05) is 32.0 Å². The number of hydrogen-bond acceptors (Lipinski definition) is 3. The lowest BCUT2D eigenvalue weighted by atomic mass is 10.1. The quantitative estimate of drug-likeness (QED) is 0.802. The molecule has 0 saturated carbocycles. The highest BCUT2D eigenvalue weighted by atomic mass is 32.2. The molecule has 3 nitrogen and oxygen atoms in total. The van der Waals surface area contributed by atoms with Gasteiger partial charge in [0.25, 0.3) is 0 Å². The van der Waals surface area contributed by atoms with Crippen LogP contribution >= 0.6 is 11.8 Å². The van der Waals surface area contributed by atoms with Crippen molar-refractivity contribution < 1.29 is 4.79 Å².